The Balaban J connectivity index is 1.63. The van der Waals surface area contributed by atoms with Gasteiger partial charge in [0.2, 0.25) is 0 Å². The number of piperidine rings is 1. The highest BCUT2D eigenvalue weighted by atomic mass is 32.1. The summed E-state index contributed by atoms with van der Waals surface area (Å²) in [6.07, 6.45) is 4.85. The summed E-state index contributed by atoms with van der Waals surface area (Å²) in [7, 11) is 4.26. The number of rotatable bonds is 6. The fourth-order valence-electron chi connectivity index (χ4n) is 3.12. The van der Waals surface area contributed by atoms with E-state index in [1.165, 1.54) is 4.88 Å². The van der Waals surface area contributed by atoms with Crippen LogP contribution in [0.5, 0.6) is 0 Å². The van der Waals surface area contributed by atoms with Crippen molar-refractivity contribution in [3.63, 3.8) is 0 Å². The van der Waals surface area contributed by atoms with Crippen molar-refractivity contribution in [3.8, 4) is 0 Å². The summed E-state index contributed by atoms with van der Waals surface area (Å²) < 4.78 is 0. The smallest absolute Gasteiger partial charge is 0.157 e. The van der Waals surface area contributed by atoms with E-state index in [0.717, 1.165) is 50.5 Å². The molecule has 24 heavy (non-hydrogen) atoms. The highest BCUT2D eigenvalue weighted by Crippen LogP contribution is 2.29. The molecule has 2 aromatic heterocycles. The van der Waals surface area contributed by atoms with E-state index < -0.39 is 0 Å². The summed E-state index contributed by atoms with van der Waals surface area (Å²) in [5.74, 6) is 1.56. The van der Waals surface area contributed by atoms with E-state index >= 15 is 0 Å². The Morgan fingerprint density at radius 3 is 2.88 bits per heavy atom. The van der Waals surface area contributed by atoms with Gasteiger partial charge in [0.15, 0.2) is 11.6 Å². The van der Waals surface area contributed by atoms with Crippen LogP contribution in [-0.4, -0.2) is 54.6 Å². The Hall–Kier alpha value is -1.86. The molecule has 3 rings (SSSR count). The fraction of sp³-hybridized carbons (Fsp3) is 0.529. The van der Waals surface area contributed by atoms with Crippen LogP contribution in [0.2, 0.25) is 0 Å². The van der Waals surface area contributed by atoms with Crippen molar-refractivity contribution in [3.05, 3.63) is 28.7 Å². The summed E-state index contributed by atoms with van der Waals surface area (Å²) in [5.41, 5.74) is 6.98. The summed E-state index contributed by atoms with van der Waals surface area (Å²) in [6, 6.07) is 4.71. The van der Waals surface area contributed by atoms with Crippen molar-refractivity contribution in [2.75, 3.05) is 49.7 Å². The molecule has 0 aliphatic carbocycles. The molecule has 0 bridgehead atoms. The van der Waals surface area contributed by atoms with E-state index in [9.17, 15) is 0 Å². The van der Waals surface area contributed by atoms with Gasteiger partial charge in [0, 0.05) is 24.5 Å². The summed E-state index contributed by atoms with van der Waals surface area (Å²) >= 11 is 1.77. The van der Waals surface area contributed by atoms with Crippen molar-refractivity contribution in [1.29, 1.82) is 0 Å². The maximum Gasteiger partial charge on any atom is 0.157 e. The number of likely N-dealkylation sites (tertiary alicyclic amines) is 1. The van der Waals surface area contributed by atoms with Crippen molar-refractivity contribution in [2.45, 2.75) is 25.3 Å². The minimum Gasteiger partial charge on any atom is -0.393 e. The van der Waals surface area contributed by atoms with Gasteiger partial charge in [-0.25, -0.2) is 9.97 Å². The van der Waals surface area contributed by atoms with Crippen molar-refractivity contribution in [2.24, 2.45) is 0 Å². The summed E-state index contributed by atoms with van der Waals surface area (Å²) in [5, 5.41) is 5.45. The van der Waals surface area contributed by atoms with E-state index in [4.69, 9.17) is 5.73 Å². The number of thiophene rings is 1. The van der Waals surface area contributed by atoms with Crippen LogP contribution in [0.25, 0.3) is 0 Å². The molecular formula is C17H26N6S. The van der Waals surface area contributed by atoms with Crippen LogP contribution in [0, 0.1) is 0 Å². The standard InChI is InChI=1S/C17H26N6S/c1-22-9-6-13(7-10-22)23(2)17-15(18)16(20-12-21-17)19-8-5-14-4-3-11-24-14/h3-4,11-13H,5-10,18H2,1-2H3,(H,19,20,21). The third-order valence-electron chi connectivity index (χ3n) is 4.68. The first kappa shape index (κ1) is 17.0. The predicted octanol–water partition coefficient (Wildman–Crippen LogP) is 2.31. The Kier molecular flexibility index (Phi) is 5.52. The Bertz CT molecular complexity index is 637. The zero-order valence-electron chi connectivity index (χ0n) is 14.4. The number of nitrogens with zero attached hydrogens (tertiary/aromatic N) is 4. The molecule has 1 fully saturated rings. The normalized spacial score (nSPS) is 16.2. The van der Waals surface area contributed by atoms with E-state index in [1.807, 2.05) is 0 Å². The molecule has 3 N–H and O–H groups in total. The minimum absolute atomic E-state index is 0.484. The molecule has 0 spiro atoms. The topological polar surface area (TPSA) is 70.3 Å². The van der Waals surface area contributed by atoms with E-state index in [1.54, 1.807) is 17.7 Å². The predicted molar refractivity (Wildman–Crippen MR) is 102 cm³/mol. The first-order chi connectivity index (χ1) is 11.6. The van der Waals surface area contributed by atoms with E-state index in [2.05, 4.69) is 56.7 Å². The first-order valence-electron chi connectivity index (χ1n) is 8.43. The van der Waals surface area contributed by atoms with Gasteiger partial charge in [-0.15, -0.1) is 11.3 Å². The highest BCUT2D eigenvalue weighted by Gasteiger charge is 2.23. The van der Waals surface area contributed by atoms with Gasteiger partial charge in [-0.05, 0) is 50.8 Å². The zero-order valence-corrected chi connectivity index (χ0v) is 15.2. The van der Waals surface area contributed by atoms with Crippen LogP contribution in [0.4, 0.5) is 17.3 Å². The molecule has 1 saturated heterocycles. The summed E-state index contributed by atoms with van der Waals surface area (Å²) in [4.78, 5) is 14.7. The second kappa shape index (κ2) is 7.81. The quantitative estimate of drug-likeness (QED) is 0.836. The van der Waals surface area contributed by atoms with E-state index in [0.29, 0.717) is 11.7 Å². The van der Waals surface area contributed by atoms with Gasteiger partial charge in [-0.3, -0.25) is 0 Å². The second-order valence-corrected chi connectivity index (χ2v) is 7.39. The molecule has 0 unspecified atom stereocenters. The molecule has 0 saturated carbocycles. The maximum atomic E-state index is 6.34. The molecule has 2 aromatic rings. The third kappa shape index (κ3) is 3.96. The highest BCUT2D eigenvalue weighted by molar-refractivity contribution is 7.09. The van der Waals surface area contributed by atoms with Crippen LogP contribution >= 0.6 is 11.3 Å². The molecule has 0 aromatic carbocycles. The lowest BCUT2D eigenvalue weighted by Crippen LogP contribution is -2.42. The fourth-order valence-corrected chi connectivity index (χ4v) is 3.83. The lowest BCUT2D eigenvalue weighted by atomic mass is 10.0. The minimum atomic E-state index is 0.484. The van der Waals surface area contributed by atoms with Crippen LogP contribution in [-0.2, 0) is 6.42 Å². The molecule has 1 aliphatic heterocycles. The van der Waals surface area contributed by atoms with Gasteiger partial charge in [0.25, 0.3) is 0 Å². The number of nitrogen functional groups attached to an aromatic ring is 1. The second-order valence-electron chi connectivity index (χ2n) is 6.36. The van der Waals surface area contributed by atoms with Crippen LogP contribution < -0.4 is 16.0 Å². The molecule has 3 heterocycles. The number of hydrogen-bond donors (Lipinski definition) is 2. The number of hydrogen-bond acceptors (Lipinski definition) is 7. The molecular weight excluding hydrogens is 320 g/mol. The number of aromatic nitrogens is 2. The molecule has 7 heteroatoms. The van der Waals surface area contributed by atoms with Crippen molar-refractivity contribution >= 4 is 28.7 Å². The summed E-state index contributed by atoms with van der Waals surface area (Å²) in [6.45, 7) is 3.05. The van der Waals surface area contributed by atoms with Gasteiger partial charge in [-0.1, -0.05) is 6.07 Å². The van der Waals surface area contributed by atoms with Crippen LogP contribution in [0.3, 0.4) is 0 Å². The maximum absolute atomic E-state index is 6.34. The van der Waals surface area contributed by atoms with E-state index in [-0.39, 0.29) is 0 Å². The lowest BCUT2D eigenvalue weighted by Gasteiger charge is -2.36. The molecule has 0 atom stereocenters. The average molecular weight is 347 g/mol. The van der Waals surface area contributed by atoms with Gasteiger partial charge in [0.05, 0.1) is 0 Å². The molecule has 0 amide bonds. The monoisotopic (exact) mass is 346 g/mol. The Morgan fingerprint density at radius 1 is 1.38 bits per heavy atom. The van der Waals surface area contributed by atoms with Crippen molar-refractivity contribution in [1.82, 2.24) is 14.9 Å². The SMILES string of the molecule is CN1CCC(N(C)c2ncnc(NCCc3cccs3)c2N)CC1. The molecule has 1 aliphatic rings. The number of nitrogens with one attached hydrogen (secondary N) is 1. The largest absolute Gasteiger partial charge is 0.393 e. The zero-order chi connectivity index (χ0) is 16.9. The molecule has 6 nitrogen and oxygen atoms in total. The van der Waals surface area contributed by atoms with Crippen LogP contribution in [0.15, 0.2) is 23.8 Å². The number of nitrogens with two attached hydrogens (primary N) is 1. The third-order valence-corrected chi connectivity index (χ3v) is 5.61. The van der Waals surface area contributed by atoms with Gasteiger partial charge < -0.3 is 20.9 Å². The number of anilines is 3. The molecule has 0 radical (unpaired) electrons. The first-order valence-corrected chi connectivity index (χ1v) is 9.31. The lowest BCUT2D eigenvalue weighted by molar-refractivity contribution is 0.252. The Labute approximate surface area is 147 Å². The average Bonchev–Trinajstić information content (AvgIpc) is 3.10. The van der Waals surface area contributed by atoms with Gasteiger partial charge >= 0.3 is 0 Å². The molecule has 130 valence electrons. The van der Waals surface area contributed by atoms with Gasteiger partial charge in [-0.2, -0.15) is 0 Å². The Morgan fingerprint density at radius 2 is 2.17 bits per heavy atom. The van der Waals surface area contributed by atoms with Crippen LogP contribution in [0.1, 0.15) is 17.7 Å². The van der Waals surface area contributed by atoms with Crippen molar-refractivity contribution < 1.29 is 0 Å². The van der Waals surface area contributed by atoms with Gasteiger partial charge in [0.1, 0.15) is 12.0 Å².